The second kappa shape index (κ2) is 6.91. The molecule has 0 saturated heterocycles. The van der Waals surface area contributed by atoms with Crippen LogP contribution in [0.1, 0.15) is 16.8 Å². The van der Waals surface area contributed by atoms with Crippen molar-refractivity contribution in [3.63, 3.8) is 0 Å². The highest BCUT2D eigenvalue weighted by Gasteiger charge is 2.23. The molecule has 1 aliphatic rings. The van der Waals surface area contributed by atoms with E-state index in [-0.39, 0.29) is 10.6 Å². The van der Waals surface area contributed by atoms with Crippen molar-refractivity contribution in [2.75, 3.05) is 6.54 Å². The highest BCUT2D eigenvalue weighted by Crippen LogP contribution is 2.21. The normalized spacial score (nSPS) is 14.4. The highest BCUT2D eigenvalue weighted by atomic mass is 35.5. The molecule has 2 aromatic carbocycles. The molecule has 1 aromatic heterocycles. The van der Waals surface area contributed by atoms with E-state index in [1.54, 1.807) is 28.9 Å². The van der Waals surface area contributed by atoms with Crippen LogP contribution in [0.2, 0.25) is 10.0 Å². The first-order valence-electron chi connectivity index (χ1n) is 8.26. The number of benzene rings is 2. The number of H-pyrrole nitrogens is 1. The molecular formula is C19H16Cl2FN3O. The number of aromatic amines is 1. The maximum atomic E-state index is 13.3. The summed E-state index contributed by atoms with van der Waals surface area (Å²) in [6.45, 7) is 1.97. The second-order valence-electron chi connectivity index (χ2n) is 6.40. The molecule has 0 saturated carbocycles. The zero-order valence-corrected chi connectivity index (χ0v) is 15.3. The Morgan fingerprint density at radius 1 is 1.12 bits per heavy atom. The molecule has 4 nitrogen and oxygen atoms in total. The van der Waals surface area contributed by atoms with Crippen LogP contribution in [-0.4, -0.2) is 21.2 Å². The fourth-order valence-electron chi connectivity index (χ4n) is 3.26. The van der Waals surface area contributed by atoms with Crippen LogP contribution in [0.5, 0.6) is 0 Å². The van der Waals surface area contributed by atoms with Crippen molar-refractivity contribution in [1.82, 2.24) is 14.7 Å². The van der Waals surface area contributed by atoms with E-state index in [2.05, 4.69) is 10.00 Å². The van der Waals surface area contributed by atoms with Gasteiger partial charge < -0.3 is 0 Å². The molecule has 1 N–H and O–H groups in total. The molecule has 0 amide bonds. The number of nitrogens with one attached hydrogen (secondary N) is 1. The molecule has 0 atom stereocenters. The molecule has 0 bridgehead atoms. The van der Waals surface area contributed by atoms with Crippen LogP contribution in [0.4, 0.5) is 4.39 Å². The lowest BCUT2D eigenvalue weighted by Crippen LogP contribution is -2.32. The molecule has 26 heavy (non-hydrogen) atoms. The summed E-state index contributed by atoms with van der Waals surface area (Å²) < 4.78 is 14.9. The van der Waals surface area contributed by atoms with E-state index >= 15 is 0 Å². The van der Waals surface area contributed by atoms with Gasteiger partial charge in [0.2, 0.25) is 0 Å². The minimum Gasteiger partial charge on any atom is -0.295 e. The number of hydrogen-bond donors (Lipinski definition) is 1. The smallest absolute Gasteiger partial charge is 0.275 e. The maximum Gasteiger partial charge on any atom is 0.275 e. The van der Waals surface area contributed by atoms with E-state index in [9.17, 15) is 9.18 Å². The van der Waals surface area contributed by atoms with Crippen LogP contribution >= 0.6 is 23.2 Å². The zero-order chi connectivity index (χ0) is 18.3. The number of aromatic nitrogens is 2. The standard InChI is InChI=1S/C19H16Cl2FN3O/c20-13-2-4-14(5-3-13)25-19(26)15-11-24(8-7-18(15)23-25)10-12-1-6-17(22)16(21)9-12/h1-6,9,23H,7-8,10-11H2. The molecule has 4 rings (SSSR count). The van der Waals surface area contributed by atoms with Gasteiger partial charge in [-0.05, 0) is 42.0 Å². The van der Waals surface area contributed by atoms with Crippen molar-refractivity contribution in [1.29, 1.82) is 0 Å². The maximum absolute atomic E-state index is 13.3. The molecular weight excluding hydrogens is 376 g/mol. The van der Waals surface area contributed by atoms with Crippen molar-refractivity contribution < 1.29 is 4.39 Å². The fraction of sp³-hybridized carbons (Fsp3) is 0.211. The van der Waals surface area contributed by atoms with Crippen LogP contribution in [0, 0.1) is 5.82 Å². The van der Waals surface area contributed by atoms with Gasteiger partial charge >= 0.3 is 0 Å². The second-order valence-corrected chi connectivity index (χ2v) is 7.24. The number of rotatable bonds is 3. The summed E-state index contributed by atoms with van der Waals surface area (Å²) in [5, 5.41) is 3.95. The Bertz CT molecular complexity index is 1010. The zero-order valence-electron chi connectivity index (χ0n) is 13.8. The quantitative estimate of drug-likeness (QED) is 0.727. The minimum atomic E-state index is -0.423. The molecule has 0 radical (unpaired) electrons. The molecule has 0 unspecified atom stereocenters. The third-order valence-electron chi connectivity index (χ3n) is 4.61. The summed E-state index contributed by atoms with van der Waals surface area (Å²) in [5.74, 6) is -0.423. The van der Waals surface area contributed by atoms with E-state index in [1.165, 1.54) is 6.07 Å². The van der Waals surface area contributed by atoms with Crippen LogP contribution < -0.4 is 5.56 Å². The van der Waals surface area contributed by atoms with Gasteiger partial charge in [0.1, 0.15) is 5.82 Å². The molecule has 0 fully saturated rings. The Morgan fingerprint density at radius 2 is 1.88 bits per heavy atom. The molecule has 0 spiro atoms. The van der Waals surface area contributed by atoms with Crippen LogP contribution in [0.25, 0.3) is 5.69 Å². The van der Waals surface area contributed by atoms with Gasteiger partial charge in [0.25, 0.3) is 5.56 Å². The van der Waals surface area contributed by atoms with E-state index in [1.807, 2.05) is 12.1 Å². The number of fused-ring (bicyclic) bond motifs is 1. The molecule has 0 aliphatic carbocycles. The van der Waals surface area contributed by atoms with Gasteiger partial charge in [-0.1, -0.05) is 29.3 Å². The predicted octanol–water partition coefficient (Wildman–Crippen LogP) is 4.17. The number of nitrogens with zero attached hydrogens (tertiary/aromatic N) is 2. The van der Waals surface area contributed by atoms with E-state index < -0.39 is 5.82 Å². The minimum absolute atomic E-state index is 0.0517. The van der Waals surface area contributed by atoms with Crippen LogP contribution in [-0.2, 0) is 19.5 Å². The third kappa shape index (κ3) is 3.30. The van der Waals surface area contributed by atoms with E-state index in [4.69, 9.17) is 23.2 Å². The van der Waals surface area contributed by atoms with Crippen LogP contribution in [0.15, 0.2) is 47.3 Å². The summed E-state index contributed by atoms with van der Waals surface area (Å²) >= 11 is 11.8. The number of hydrogen-bond acceptors (Lipinski definition) is 2. The first-order chi connectivity index (χ1) is 12.5. The highest BCUT2D eigenvalue weighted by molar-refractivity contribution is 6.31. The largest absolute Gasteiger partial charge is 0.295 e. The third-order valence-corrected chi connectivity index (χ3v) is 5.15. The number of halogens is 3. The Kier molecular flexibility index (Phi) is 4.61. The van der Waals surface area contributed by atoms with Gasteiger partial charge in [0, 0.05) is 36.8 Å². The molecule has 7 heteroatoms. The van der Waals surface area contributed by atoms with Crippen molar-refractivity contribution >= 4 is 23.2 Å². The average Bonchev–Trinajstić information content (AvgIpc) is 2.95. The average molecular weight is 392 g/mol. The van der Waals surface area contributed by atoms with Crippen molar-refractivity contribution in [2.24, 2.45) is 0 Å². The first-order valence-corrected chi connectivity index (χ1v) is 9.02. The van der Waals surface area contributed by atoms with Gasteiger partial charge in [-0.15, -0.1) is 0 Å². The van der Waals surface area contributed by atoms with Gasteiger partial charge in [-0.2, -0.15) is 0 Å². The molecule has 1 aliphatic heterocycles. The van der Waals surface area contributed by atoms with Crippen LogP contribution in [0.3, 0.4) is 0 Å². The van der Waals surface area contributed by atoms with E-state index in [0.717, 1.165) is 35.5 Å². The monoisotopic (exact) mass is 391 g/mol. The van der Waals surface area contributed by atoms with Gasteiger partial charge in [0.05, 0.1) is 16.3 Å². The predicted molar refractivity (Wildman–Crippen MR) is 101 cm³/mol. The van der Waals surface area contributed by atoms with Crippen molar-refractivity contribution in [3.8, 4) is 5.69 Å². The summed E-state index contributed by atoms with van der Waals surface area (Å²) in [6.07, 6.45) is 0.750. The van der Waals surface area contributed by atoms with Crippen molar-refractivity contribution in [2.45, 2.75) is 19.5 Å². The molecule has 134 valence electrons. The summed E-state index contributed by atoms with van der Waals surface area (Å²) in [6, 6.07) is 11.9. The Morgan fingerprint density at radius 3 is 2.62 bits per heavy atom. The molecule has 2 heterocycles. The van der Waals surface area contributed by atoms with E-state index in [0.29, 0.717) is 18.1 Å². The lowest BCUT2D eigenvalue weighted by Gasteiger charge is -2.25. The Hall–Kier alpha value is -2.08. The Balaban J connectivity index is 1.58. The van der Waals surface area contributed by atoms with Gasteiger partial charge in [0.15, 0.2) is 0 Å². The summed E-state index contributed by atoms with van der Waals surface area (Å²) in [4.78, 5) is 15.0. The SMILES string of the molecule is O=c1c2c([nH]n1-c1ccc(Cl)cc1)CCN(Cc1ccc(F)c(Cl)c1)C2. The first kappa shape index (κ1) is 17.3. The fourth-order valence-corrected chi connectivity index (χ4v) is 3.59. The molecule has 3 aromatic rings. The lowest BCUT2D eigenvalue weighted by molar-refractivity contribution is 0.244. The van der Waals surface area contributed by atoms with Crippen molar-refractivity contribution in [3.05, 3.63) is 85.5 Å². The Labute approximate surface area is 159 Å². The summed E-state index contributed by atoms with van der Waals surface area (Å²) in [7, 11) is 0. The lowest BCUT2D eigenvalue weighted by atomic mass is 10.1. The van der Waals surface area contributed by atoms with Gasteiger partial charge in [-0.3, -0.25) is 14.8 Å². The van der Waals surface area contributed by atoms with Gasteiger partial charge in [-0.25, -0.2) is 9.07 Å². The topological polar surface area (TPSA) is 41.0 Å². The summed E-state index contributed by atoms with van der Waals surface area (Å²) in [5.41, 5.74) is 3.35.